The zero-order valence-electron chi connectivity index (χ0n) is 23.2. The minimum absolute atomic E-state index is 0.0240. The van der Waals surface area contributed by atoms with Crippen molar-refractivity contribution in [2.24, 2.45) is 5.92 Å². The predicted molar refractivity (Wildman–Crippen MR) is 156 cm³/mol. The third-order valence-corrected chi connectivity index (χ3v) is 10.8. The van der Waals surface area contributed by atoms with Gasteiger partial charge in [-0.05, 0) is 61.3 Å². The number of aromatic nitrogens is 3. The van der Waals surface area contributed by atoms with Crippen LogP contribution in [0.2, 0.25) is 0 Å². The first-order valence-electron chi connectivity index (χ1n) is 14.1. The summed E-state index contributed by atoms with van der Waals surface area (Å²) < 4.78 is 39.6. The normalized spacial score (nSPS) is 24.0. The molecule has 1 saturated carbocycles. The molecule has 4 heterocycles. The van der Waals surface area contributed by atoms with Crippen molar-refractivity contribution in [1.82, 2.24) is 15.0 Å². The number of fused-ring (bicyclic) bond motifs is 1. The second-order valence-electron chi connectivity index (χ2n) is 12.1. The van der Waals surface area contributed by atoms with Crippen molar-refractivity contribution in [3.8, 4) is 0 Å². The molecule has 11 heteroatoms. The highest BCUT2D eigenvalue weighted by Gasteiger charge is 2.41. The van der Waals surface area contributed by atoms with Crippen LogP contribution in [-0.2, 0) is 9.84 Å². The van der Waals surface area contributed by atoms with Gasteiger partial charge in [0.25, 0.3) is 0 Å². The SMILES string of the molecule is CC(C)c1ccc(N2CC(CS(=O)(=O)C3CC3)C2)c2cnc(Nc3ccnc(N4CC[C@@H](O)[C@@](C)(F)C4)n3)cc12. The van der Waals surface area contributed by atoms with E-state index in [1.165, 1.54) is 12.5 Å². The van der Waals surface area contributed by atoms with Gasteiger partial charge >= 0.3 is 0 Å². The molecule has 1 aliphatic carbocycles. The highest BCUT2D eigenvalue weighted by atomic mass is 32.2. The van der Waals surface area contributed by atoms with Crippen LogP contribution in [0.25, 0.3) is 10.8 Å². The fraction of sp³-hybridized carbons (Fsp3) is 0.552. The van der Waals surface area contributed by atoms with Crippen LogP contribution in [0.3, 0.4) is 0 Å². The molecule has 2 aromatic heterocycles. The molecular weight excluding hydrogens is 531 g/mol. The molecular formula is C29H37FN6O3S. The zero-order chi connectivity index (χ0) is 28.2. The zero-order valence-corrected chi connectivity index (χ0v) is 24.0. The Morgan fingerprint density at radius 3 is 2.58 bits per heavy atom. The minimum Gasteiger partial charge on any atom is -0.390 e. The Kier molecular flexibility index (Phi) is 6.85. The summed E-state index contributed by atoms with van der Waals surface area (Å²) in [5.74, 6) is 2.35. The van der Waals surface area contributed by atoms with Crippen LogP contribution in [0.5, 0.6) is 0 Å². The number of anilines is 4. The molecule has 3 fully saturated rings. The molecule has 9 nitrogen and oxygen atoms in total. The Labute approximate surface area is 234 Å². The molecule has 2 aliphatic heterocycles. The van der Waals surface area contributed by atoms with Crippen molar-refractivity contribution >= 4 is 43.9 Å². The Bertz CT molecular complexity index is 1520. The number of benzene rings is 1. The molecule has 0 amide bonds. The van der Waals surface area contributed by atoms with Crippen LogP contribution >= 0.6 is 0 Å². The van der Waals surface area contributed by atoms with Gasteiger partial charge in [0.15, 0.2) is 15.5 Å². The van der Waals surface area contributed by atoms with Crippen LogP contribution in [0.1, 0.15) is 51.5 Å². The molecule has 1 aromatic carbocycles. The van der Waals surface area contributed by atoms with Gasteiger partial charge in [-0.1, -0.05) is 19.9 Å². The number of nitrogens with one attached hydrogen (secondary N) is 1. The van der Waals surface area contributed by atoms with E-state index in [1.54, 1.807) is 17.2 Å². The van der Waals surface area contributed by atoms with E-state index in [4.69, 9.17) is 0 Å². The van der Waals surface area contributed by atoms with E-state index < -0.39 is 21.6 Å². The maximum absolute atomic E-state index is 14.7. The summed E-state index contributed by atoms with van der Waals surface area (Å²) in [5, 5.41) is 15.3. The summed E-state index contributed by atoms with van der Waals surface area (Å²) in [6.45, 7) is 7.69. The largest absolute Gasteiger partial charge is 0.390 e. The highest BCUT2D eigenvalue weighted by Crippen LogP contribution is 2.38. The number of hydrogen-bond donors (Lipinski definition) is 2. The van der Waals surface area contributed by atoms with Gasteiger partial charge in [0.2, 0.25) is 5.95 Å². The Hall–Kier alpha value is -3.05. The first-order valence-corrected chi connectivity index (χ1v) is 15.8. The van der Waals surface area contributed by atoms with Gasteiger partial charge in [-0.25, -0.2) is 22.8 Å². The molecule has 3 aliphatic rings. The van der Waals surface area contributed by atoms with Gasteiger partial charge in [-0.3, -0.25) is 0 Å². The number of rotatable bonds is 8. The third kappa shape index (κ3) is 5.33. The number of pyridine rings is 1. The predicted octanol–water partition coefficient (Wildman–Crippen LogP) is 4.20. The summed E-state index contributed by atoms with van der Waals surface area (Å²) in [6.07, 6.45) is 4.46. The average Bonchev–Trinajstić information content (AvgIpc) is 3.74. The fourth-order valence-corrected chi connectivity index (χ4v) is 7.86. The molecule has 40 heavy (non-hydrogen) atoms. The summed E-state index contributed by atoms with van der Waals surface area (Å²) in [4.78, 5) is 17.6. The van der Waals surface area contributed by atoms with Gasteiger partial charge in [0.1, 0.15) is 11.6 Å². The van der Waals surface area contributed by atoms with E-state index in [0.717, 1.165) is 42.4 Å². The van der Waals surface area contributed by atoms with E-state index in [2.05, 4.69) is 51.1 Å². The second-order valence-corrected chi connectivity index (χ2v) is 14.4. The minimum atomic E-state index is -2.96. The van der Waals surface area contributed by atoms with Crippen molar-refractivity contribution in [3.05, 3.63) is 42.2 Å². The summed E-state index contributed by atoms with van der Waals surface area (Å²) in [7, 11) is -2.96. The molecule has 2 saturated heterocycles. The number of sulfone groups is 1. The average molecular weight is 569 g/mol. The lowest BCUT2D eigenvalue weighted by atomic mass is 9.93. The van der Waals surface area contributed by atoms with E-state index in [9.17, 15) is 17.9 Å². The molecule has 214 valence electrons. The standard InChI is InChI=1S/C29H37FN6O3S/c1-18(2)21-6-7-24(36-14-19(15-36)16-40(38,39)20-4-5-20)23-13-32-27(12-22(21)23)33-26-8-10-31-28(34-26)35-11-9-25(37)29(3,30)17-35/h6-8,10,12-13,18-20,25,37H,4-5,9,11,14-17H2,1-3H3,(H,31,32,33,34)/t25-,29+/m1/s1. The van der Waals surface area contributed by atoms with Crippen molar-refractivity contribution < 1.29 is 17.9 Å². The second kappa shape index (κ2) is 10.1. The Morgan fingerprint density at radius 1 is 1.10 bits per heavy atom. The summed E-state index contributed by atoms with van der Waals surface area (Å²) in [5.41, 5.74) is 0.553. The van der Waals surface area contributed by atoms with Crippen LogP contribution in [-0.4, -0.2) is 77.4 Å². The number of piperidine rings is 1. The number of aliphatic hydroxyl groups excluding tert-OH is 1. The molecule has 0 bridgehead atoms. The molecule has 2 atom stereocenters. The van der Waals surface area contributed by atoms with Crippen molar-refractivity contribution in [1.29, 1.82) is 0 Å². The van der Waals surface area contributed by atoms with Crippen molar-refractivity contribution in [2.75, 3.05) is 47.0 Å². The highest BCUT2D eigenvalue weighted by molar-refractivity contribution is 7.92. The topological polar surface area (TPSA) is 112 Å². The van der Waals surface area contributed by atoms with Gasteiger partial charge in [0.05, 0.1) is 23.7 Å². The van der Waals surface area contributed by atoms with Gasteiger partial charge in [-0.15, -0.1) is 0 Å². The van der Waals surface area contributed by atoms with Crippen LogP contribution in [0.15, 0.2) is 36.7 Å². The fourth-order valence-electron chi connectivity index (χ4n) is 5.87. The lowest BCUT2D eigenvalue weighted by Gasteiger charge is -2.41. The van der Waals surface area contributed by atoms with E-state index >= 15 is 0 Å². The van der Waals surface area contributed by atoms with Crippen LogP contribution in [0, 0.1) is 5.92 Å². The third-order valence-electron chi connectivity index (χ3n) is 8.38. The van der Waals surface area contributed by atoms with Crippen molar-refractivity contribution in [2.45, 2.75) is 63.0 Å². The maximum Gasteiger partial charge on any atom is 0.227 e. The lowest BCUT2D eigenvalue weighted by molar-refractivity contribution is -0.00860. The number of nitrogens with zero attached hydrogens (tertiary/aromatic N) is 5. The van der Waals surface area contributed by atoms with E-state index in [1.807, 2.05) is 12.3 Å². The number of alkyl halides is 1. The lowest BCUT2D eigenvalue weighted by Crippen LogP contribution is -2.52. The van der Waals surface area contributed by atoms with E-state index in [-0.39, 0.29) is 23.5 Å². The maximum atomic E-state index is 14.7. The molecule has 6 rings (SSSR count). The van der Waals surface area contributed by atoms with Crippen LogP contribution < -0.4 is 15.1 Å². The van der Waals surface area contributed by atoms with Crippen LogP contribution in [0.4, 0.5) is 27.7 Å². The van der Waals surface area contributed by atoms with Gasteiger partial charge < -0.3 is 20.2 Å². The van der Waals surface area contributed by atoms with Crippen molar-refractivity contribution in [3.63, 3.8) is 0 Å². The summed E-state index contributed by atoms with van der Waals surface area (Å²) in [6, 6.07) is 8.06. The number of halogens is 1. The molecule has 0 spiro atoms. The van der Waals surface area contributed by atoms with Gasteiger partial charge in [0, 0.05) is 49.0 Å². The van der Waals surface area contributed by atoms with Gasteiger partial charge in [-0.2, -0.15) is 4.98 Å². The Morgan fingerprint density at radius 2 is 1.88 bits per heavy atom. The Balaban J connectivity index is 1.22. The first kappa shape index (κ1) is 27.1. The monoisotopic (exact) mass is 568 g/mol. The molecule has 2 N–H and O–H groups in total. The quantitative estimate of drug-likeness (QED) is 0.413. The van der Waals surface area contributed by atoms with E-state index in [0.29, 0.717) is 36.5 Å². The smallest absolute Gasteiger partial charge is 0.227 e. The first-order chi connectivity index (χ1) is 19.0. The molecule has 0 radical (unpaired) electrons. The summed E-state index contributed by atoms with van der Waals surface area (Å²) >= 11 is 0. The number of hydrogen-bond acceptors (Lipinski definition) is 9. The molecule has 0 unspecified atom stereocenters. The molecule has 3 aromatic rings. The number of aliphatic hydroxyl groups is 1.